The number of hydrogen-bond acceptors (Lipinski definition) is 4. The van der Waals surface area contributed by atoms with E-state index >= 15 is 0 Å². The molecule has 158 valence electrons. The standard InChI is InChI=1S/C24H25F2NO3/c25-19-6-1-16(2-7-19)23(30)14-5-18(15-28)24(17-3-12-22(29)13-4-17)27-21-10-8-20(26)9-11-21/h1-4,6-13,18,23-24,27-30H,5,14-15H2/t18?,23-,24-/m1/s1. The van der Waals surface area contributed by atoms with Gasteiger partial charge >= 0.3 is 0 Å². The van der Waals surface area contributed by atoms with Gasteiger partial charge in [0.25, 0.3) is 0 Å². The molecule has 3 aromatic rings. The van der Waals surface area contributed by atoms with Crippen molar-refractivity contribution in [3.8, 4) is 5.75 Å². The predicted molar refractivity (Wildman–Crippen MR) is 112 cm³/mol. The molecule has 3 atom stereocenters. The van der Waals surface area contributed by atoms with Gasteiger partial charge < -0.3 is 20.6 Å². The van der Waals surface area contributed by atoms with E-state index < -0.39 is 6.10 Å². The SMILES string of the molecule is OCC(CC[C@@H](O)c1ccc(F)cc1)[C@H](Nc1ccc(F)cc1)c1ccc(O)cc1. The second kappa shape index (κ2) is 10.2. The van der Waals surface area contributed by atoms with E-state index in [9.17, 15) is 24.1 Å². The molecule has 0 aliphatic carbocycles. The maximum atomic E-state index is 13.3. The molecule has 0 aromatic heterocycles. The lowest BCUT2D eigenvalue weighted by Gasteiger charge is -2.29. The number of benzene rings is 3. The monoisotopic (exact) mass is 413 g/mol. The second-order valence-electron chi connectivity index (χ2n) is 7.31. The van der Waals surface area contributed by atoms with Crippen LogP contribution in [0.4, 0.5) is 14.5 Å². The van der Waals surface area contributed by atoms with Crippen molar-refractivity contribution in [1.82, 2.24) is 0 Å². The highest BCUT2D eigenvalue weighted by Crippen LogP contribution is 2.33. The molecule has 0 aliphatic heterocycles. The van der Waals surface area contributed by atoms with Crippen LogP contribution in [0.3, 0.4) is 0 Å². The Morgan fingerprint density at radius 3 is 1.83 bits per heavy atom. The molecule has 30 heavy (non-hydrogen) atoms. The first-order valence-corrected chi connectivity index (χ1v) is 9.81. The van der Waals surface area contributed by atoms with E-state index in [1.54, 1.807) is 48.5 Å². The molecule has 0 bridgehead atoms. The van der Waals surface area contributed by atoms with Crippen LogP contribution in [0, 0.1) is 17.6 Å². The molecular formula is C24H25F2NO3. The van der Waals surface area contributed by atoms with Crippen LogP contribution in [0.5, 0.6) is 5.75 Å². The van der Waals surface area contributed by atoms with E-state index in [1.165, 1.54) is 24.3 Å². The van der Waals surface area contributed by atoms with E-state index in [4.69, 9.17) is 0 Å². The molecule has 0 spiro atoms. The van der Waals surface area contributed by atoms with Crippen LogP contribution in [0.1, 0.15) is 36.1 Å². The molecule has 0 amide bonds. The van der Waals surface area contributed by atoms with Crippen LogP contribution < -0.4 is 5.32 Å². The van der Waals surface area contributed by atoms with Gasteiger partial charge in [-0.3, -0.25) is 0 Å². The summed E-state index contributed by atoms with van der Waals surface area (Å²) >= 11 is 0. The Bertz CT molecular complexity index is 915. The van der Waals surface area contributed by atoms with E-state index in [2.05, 4.69) is 5.32 Å². The fourth-order valence-electron chi connectivity index (χ4n) is 3.47. The number of phenols is 1. The normalized spacial score (nSPS) is 14.1. The zero-order valence-corrected chi connectivity index (χ0v) is 16.4. The number of rotatable bonds is 9. The first kappa shape index (κ1) is 21.7. The maximum absolute atomic E-state index is 13.3. The first-order valence-electron chi connectivity index (χ1n) is 9.81. The van der Waals surface area contributed by atoms with Gasteiger partial charge in [0.05, 0.1) is 12.1 Å². The van der Waals surface area contributed by atoms with Crippen LogP contribution in [-0.4, -0.2) is 21.9 Å². The number of aromatic hydroxyl groups is 1. The fourth-order valence-corrected chi connectivity index (χ4v) is 3.47. The molecule has 3 aromatic carbocycles. The number of aliphatic hydroxyl groups excluding tert-OH is 2. The van der Waals surface area contributed by atoms with E-state index in [1.807, 2.05) is 0 Å². The predicted octanol–water partition coefficient (Wildman–Crippen LogP) is 4.95. The third kappa shape index (κ3) is 5.78. The number of aliphatic hydroxyl groups is 2. The molecule has 4 N–H and O–H groups in total. The molecule has 1 unspecified atom stereocenters. The van der Waals surface area contributed by atoms with Crippen LogP contribution in [0.25, 0.3) is 0 Å². The smallest absolute Gasteiger partial charge is 0.123 e. The van der Waals surface area contributed by atoms with Crippen molar-refractivity contribution in [2.75, 3.05) is 11.9 Å². The quantitative estimate of drug-likeness (QED) is 0.401. The Labute approximate surface area is 174 Å². The Hall–Kier alpha value is -2.96. The van der Waals surface area contributed by atoms with Gasteiger partial charge in [0.1, 0.15) is 17.4 Å². The Kier molecular flexibility index (Phi) is 7.38. The van der Waals surface area contributed by atoms with E-state index in [0.717, 1.165) is 5.56 Å². The summed E-state index contributed by atoms with van der Waals surface area (Å²) in [5, 5.41) is 33.5. The Morgan fingerprint density at radius 1 is 0.733 bits per heavy atom. The molecule has 3 rings (SSSR count). The van der Waals surface area contributed by atoms with Gasteiger partial charge in [0.15, 0.2) is 0 Å². The average Bonchev–Trinajstić information content (AvgIpc) is 2.75. The van der Waals surface area contributed by atoms with Crippen molar-refractivity contribution in [2.45, 2.75) is 25.0 Å². The van der Waals surface area contributed by atoms with Crippen LogP contribution in [0.15, 0.2) is 72.8 Å². The minimum Gasteiger partial charge on any atom is -0.508 e. The van der Waals surface area contributed by atoms with Crippen LogP contribution in [-0.2, 0) is 0 Å². The second-order valence-corrected chi connectivity index (χ2v) is 7.31. The lowest BCUT2D eigenvalue weighted by molar-refractivity contribution is 0.136. The van der Waals surface area contributed by atoms with Crippen molar-refractivity contribution in [3.05, 3.63) is 95.6 Å². The summed E-state index contributed by atoms with van der Waals surface area (Å²) in [5.41, 5.74) is 2.14. The molecular weight excluding hydrogens is 388 g/mol. The van der Waals surface area contributed by atoms with Gasteiger partial charge in [-0.05, 0) is 72.5 Å². The summed E-state index contributed by atoms with van der Waals surface area (Å²) in [4.78, 5) is 0. The minimum atomic E-state index is -0.786. The molecule has 0 heterocycles. The van der Waals surface area contributed by atoms with Crippen molar-refractivity contribution in [1.29, 1.82) is 0 Å². The minimum absolute atomic E-state index is 0.131. The average molecular weight is 413 g/mol. The van der Waals surface area contributed by atoms with Crippen LogP contribution in [0.2, 0.25) is 0 Å². The zero-order valence-electron chi connectivity index (χ0n) is 16.4. The molecule has 0 saturated carbocycles. The summed E-state index contributed by atoms with van der Waals surface area (Å²) in [5.74, 6) is -0.848. The van der Waals surface area contributed by atoms with E-state index in [-0.39, 0.29) is 36.0 Å². The van der Waals surface area contributed by atoms with Gasteiger partial charge in [-0.2, -0.15) is 0 Å². The van der Waals surface area contributed by atoms with Crippen molar-refractivity contribution >= 4 is 5.69 Å². The number of nitrogens with one attached hydrogen (secondary N) is 1. The molecule has 0 aliphatic rings. The number of halogens is 2. The fraction of sp³-hybridized carbons (Fsp3) is 0.250. The molecule has 0 fully saturated rings. The van der Waals surface area contributed by atoms with Crippen molar-refractivity contribution in [2.24, 2.45) is 5.92 Å². The Balaban J connectivity index is 1.77. The first-order chi connectivity index (χ1) is 14.5. The summed E-state index contributed by atoms with van der Waals surface area (Å²) in [7, 11) is 0. The molecule has 4 nitrogen and oxygen atoms in total. The maximum Gasteiger partial charge on any atom is 0.123 e. The highest BCUT2D eigenvalue weighted by Gasteiger charge is 2.24. The largest absolute Gasteiger partial charge is 0.508 e. The van der Waals surface area contributed by atoms with Crippen molar-refractivity contribution in [3.63, 3.8) is 0 Å². The topological polar surface area (TPSA) is 72.7 Å². The molecule has 6 heteroatoms. The zero-order chi connectivity index (χ0) is 21.5. The van der Waals surface area contributed by atoms with Gasteiger partial charge in [-0.1, -0.05) is 24.3 Å². The number of anilines is 1. The van der Waals surface area contributed by atoms with Gasteiger partial charge in [-0.15, -0.1) is 0 Å². The highest BCUT2D eigenvalue weighted by molar-refractivity contribution is 5.46. The van der Waals surface area contributed by atoms with Crippen LogP contribution >= 0.6 is 0 Å². The molecule has 0 saturated heterocycles. The Morgan fingerprint density at radius 2 is 1.27 bits per heavy atom. The molecule has 0 radical (unpaired) electrons. The van der Waals surface area contributed by atoms with E-state index in [0.29, 0.717) is 24.1 Å². The van der Waals surface area contributed by atoms with Crippen molar-refractivity contribution < 1.29 is 24.1 Å². The summed E-state index contributed by atoms with van der Waals surface area (Å²) in [6.07, 6.45) is 0.0663. The lowest BCUT2D eigenvalue weighted by Crippen LogP contribution is -2.24. The highest BCUT2D eigenvalue weighted by atomic mass is 19.1. The summed E-state index contributed by atoms with van der Waals surface area (Å²) in [6, 6.07) is 17.9. The van der Waals surface area contributed by atoms with Gasteiger partial charge in [0, 0.05) is 18.2 Å². The third-order valence-electron chi connectivity index (χ3n) is 5.19. The third-order valence-corrected chi connectivity index (χ3v) is 5.19. The lowest BCUT2D eigenvalue weighted by atomic mass is 9.87. The van der Waals surface area contributed by atoms with Gasteiger partial charge in [0.2, 0.25) is 0 Å². The number of hydrogen-bond donors (Lipinski definition) is 4. The van der Waals surface area contributed by atoms with Gasteiger partial charge in [-0.25, -0.2) is 8.78 Å². The summed E-state index contributed by atoms with van der Waals surface area (Å²) in [6.45, 7) is -0.143. The number of phenolic OH excluding ortho intramolecular Hbond substituents is 1. The summed E-state index contributed by atoms with van der Waals surface area (Å²) < 4.78 is 26.4.